The van der Waals surface area contributed by atoms with E-state index in [2.05, 4.69) is 31.1 Å². The molecular weight excluding hydrogens is 342 g/mol. The third kappa shape index (κ3) is 2.83. The number of benzene rings is 1. The van der Waals surface area contributed by atoms with Gasteiger partial charge in [-0.2, -0.15) is 0 Å². The van der Waals surface area contributed by atoms with Crippen LogP contribution in [0.1, 0.15) is 28.2 Å². The van der Waals surface area contributed by atoms with Gasteiger partial charge in [0.1, 0.15) is 0 Å². The Kier molecular flexibility index (Phi) is 4.36. The molecule has 5 heteroatoms. The summed E-state index contributed by atoms with van der Waals surface area (Å²) in [4.78, 5) is 12.5. The Labute approximate surface area is 139 Å². The summed E-state index contributed by atoms with van der Waals surface area (Å²) in [6.07, 6.45) is 0.995. The van der Waals surface area contributed by atoms with Gasteiger partial charge in [-0.05, 0) is 60.9 Å². The topological polar surface area (TPSA) is 46.1 Å². The molecule has 4 nitrogen and oxygen atoms in total. The Morgan fingerprint density at radius 3 is 2.82 bits per heavy atom. The Morgan fingerprint density at radius 1 is 1.36 bits per heavy atom. The molecule has 2 aromatic rings. The zero-order valence-corrected chi connectivity index (χ0v) is 14.4. The van der Waals surface area contributed by atoms with Gasteiger partial charge in [-0.3, -0.25) is 4.79 Å². The smallest absolute Gasteiger partial charge is 0.253 e. The lowest BCUT2D eigenvalue weighted by molar-refractivity contribution is 0.0939. The number of carbonyl (C=O) groups is 1. The number of halogens is 1. The molecule has 2 N–H and O–H groups in total. The fourth-order valence-corrected chi connectivity index (χ4v) is 3.50. The number of amides is 1. The Morgan fingerprint density at radius 2 is 2.14 bits per heavy atom. The number of rotatable bonds is 3. The van der Waals surface area contributed by atoms with Crippen LogP contribution in [0.25, 0.3) is 5.69 Å². The monoisotopic (exact) mass is 361 g/mol. The number of hydrogen-bond donors (Lipinski definition) is 2. The van der Waals surface area contributed by atoms with E-state index < -0.39 is 0 Å². The van der Waals surface area contributed by atoms with E-state index >= 15 is 0 Å². The highest BCUT2D eigenvalue weighted by Crippen LogP contribution is 2.26. The Bertz CT molecular complexity index is 702. The molecule has 1 aromatic heterocycles. The number of nitrogens with zero attached hydrogens (tertiary/aromatic N) is 1. The summed E-state index contributed by atoms with van der Waals surface area (Å²) in [6.45, 7) is 5.85. The molecule has 1 atom stereocenters. The molecule has 1 amide bonds. The van der Waals surface area contributed by atoms with Crippen LogP contribution in [0.2, 0.25) is 0 Å². The van der Waals surface area contributed by atoms with E-state index in [0.29, 0.717) is 0 Å². The van der Waals surface area contributed by atoms with Crippen molar-refractivity contribution in [2.45, 2.75) is 26.3 Å². The van der Waals surface area contributed by atoms with Gasteiger partial charge in [0.2, 0.25) is 0 Å². The van der Waals surface area contributed by atoms with Gasteiger partial charge in [-0.15, -0.1) is 0 Å². The summed E-state index contributed by atoms with van der Waals surface area (Å²) in [7, 11) is 0. The molecule has 1 saturated heterocycles. The fraction of sp³-hybridized carbons (Fsp3) is 0.353. The molecule has 22 heavy (non-hydrogen) atoms. The first kappa shape index (κ1) is 15.3. The molecule has 2 heterocycles. The molecule has 1 unspecified atom stereocenters. The number of para-hydroxylation sites is 1. The second-order valence-electron chi connectivity index (χ2n) is 5.73. The lowest BCUT2D eigenvalue weighted by Crippen LogP contribution is -2.36. The van der Waals surface area contributed by atoms with Crippen molar-refractivity contribution in [2.24, 2.45) is 0 Å². The van der Waals surface area contributed by atoms with Crippen molar-refractivity contribution < 1.29 is 4.79 Å². The minimum atomic E-state index is 0.0140. The quantitative estimate of drug-likeness (QED) is 0.882. The van der Waals surface area contributed by atoms with Gasteiger partial charge in [0.25, 0.3) is 5.91 Å². The molecule has 0 saturated carbocycles. The van der Waals surface area contributed by atoms with Gasteiger partial charge in [-0.1, -0.05) is 12.1 Å². The maximum Gasteiger partial charge on any atom is 0.253 e. The van der Waals surface area contributed by atoms with E-state index in [9.17, 15) is 4.79 Å². The maximum atomic E-state index is 12.5. The van der Waals surface area contributed by atoms with Gasteiger partial charge >= 0.3 is 0 Å². The molecule has 0 spiro atoms. The molecule has 1 aliphatic heterocycles. The van der Waals surface area contributed by atoms with Crippen LogP contribution >= 0.6 is 15.9 Å². The van der Waals surface area contributed by atoms with Gasteiger partial charge in [0.05, 0.1) is 11.3 Å². The van der Waals surface area contributed by atoms with Crippen LogP contribution in [-0.2, 0) is 0 Å². The van der Waals surface area contributed by atoms with E-state index in [0.717, 1.165) is 46.6 Å². The molecule has 0 bridgehead atoms. The van der Waals surface area contributed by atoms with Crippen LogP contribution < -0.4 is 10.6 Å². The van der Waals surface area contributed by atoms with Gasteiger partial charge < -0.3 is 15.2 Å². The lowest BCUT2D eigenvalue weighted by Gasteiger charge is -2.13. The summed E-state index contributed by atoms with van der Waals surface area (Å²) in [5.41, 5.74) is 3.83. The third-order valence-electron chi connectivity index (χ3n) is 4.16. The van der Waals surface area contributed by atoms with Crippen molar-refractivity contribution in [1.82, 2.24) is 15.2 Å². The number of aromatic nitrogens is 1. The third-order valence-corrected chi connectivity index (χ3v) is 4.84. The predicted octanol–water partition coefficient (Wildman–Crippen LogP) is 2.95. The zero-order chi connectivity index (χ0) is 15.7. The standard InChI is InChI=1S/C17H20BrN3O/c1-11-9-14(17(22)20-13-7-8-19-10-13)12(2)21(11)16-6-4-3-5-15(16)18/h3-6,9,13,19H,7-8,10H2,1-2H3,(H,20,22). The average molecular weight is 362 g/mol. The van der Waals surface area contributed by atoms with Crippen molar-refractivity contribution in [2.75, 3.05) is 13.1 Å². The van der Waals surface area contributed by atoms with Gasteiger partial charge in [0.15, 0.2) is 0 Å². The van der Waals surface area contributed by atoms with Gasteiger partial charge in [-0.25, -0.2) is 0 Å². The predicted molar refractivity (Wildman–Crippen MR) is 91.7 cm³/mol. The first-order valence-corrected chi connectivity index (χ1v) is 8.32. The van der Waals surface area contributed by atoms with E-state index in [4.69, 9.17) is 0 Å². The summed E-state index contributed by atoms with van der Waals surface area (Å²) >= 11 is 3.59. The maximum absolute atomic E-state index is 12.5. The van der Waals surface area contributed by atoms with Crippen LogP contribution in [0.15, 0.2) is 34.8 Å². The summed E-state index contributed by atoms with van der Waals surface area (Å²) in [6, 6.07) is 10.3. The zero-order valence-electron chi connectivity index (χ0n) is 12.8. The first-order chi connectivity index (χ1) is 10.6. The summed E-state index contributed by atoms with van der Waals surface area (Å²) in [5, 5.41) is 6.38. The number of carbonyl (C=O) groups excluding carboxylic acids is 1. The highest BCUT2D eigenvalue weighted by atomic mass is 79.9. The number of aryl methyl sites for hydroxylation is 1. The van der Waals surface area contributed by atoms with Crippen LogP contribution in [0.4, 0.5) is 0 Å². The highest BCUT2D eigenvalue weighted by Gasteiger charge is 2.21. The van der Waals surface area contributed by atoms with Crippen LogP contribution in [-0.4, -0.2) is 29.6 Å². The minimum Gasteiger partial charge on any atom is -0.348 e. The highest BCUT2D eigenvalue weighted by molar-refractivity contribution is 9.10. The number of nitrogens with one attached hydrogen (secondary N) is 2. The Balaban J connectivity index is 1.93. The average Bonchev–Trinajstić information content (AvgIpc) is 3.08. The van der Waals surface area contributed by atoms with Crippen molar-refractivity contribution in [3.8, 4) is 5.69 Å². The van der Waals surface area contributed by atoms with Crippen molar-refractivity contribution in [3.63, 3.8) is 0 Å². The molecule has 0 aliphatic carbocycles. The molecule has 3 rings (SSSR count). The largest absolute Gasteiger partial charge is 0.348 e. The first-order valence-electron chi connectivity index (χ1n) is 7.53. The minimum absolute atomic E-state index is 0.0140. The van der Waals surface area contributed by atoms with E-state index in [1.807, 2.05) is 44.2 Å². The van der Waals surface area contributed by atoms with Crippen LogP contribution in [0.3, 0.4) is 0 Å². The second kappa shape index (κ2) is 6.26. The van der Waals surface area contributed by atoms with E-state index in [1.165, 1.54) is 0 Å². The van der Waals surface area contributed by atoms with Crippen LogP contribution in [0.5, 0.6) is 0 Å². The van der Waals surface area contributed by atoms with Crippen molar-refractivity contribution in [3.05, 3.63) is 51.8 Å². The van der Waals surface area contributed by atoms with Crippen molar-refractivity contribution >= 4 is 21.8 Å². The Hall–Kier alpha value is -1.59. The van der Waals surface area contributed by atoms with E-state index in [1.54, 1.807) is 0 Å². The molecule has 0 radical (unpaired) electrons. The van der Waals surface area contributed by atoms with Crippen LogP contribution in [0, 0.1) is 13.8 Å². The molecule has 1 aliphatic rings. The molecular formula is C17H20BrN3O. The van der Waals surface area contributed by atoms with E-state index in [-0.39, 0.29) is 11.9 Å². The van der Waals surface area contributed by atoms with Gasteiger partial charge in [0, 0.05) is 28.4 Å². The summed E-state index contributed by atoms with van der Waals surface area (Å²) < 4.78 is 3.13. The fourth-order valence-electron chi connectivity index (χ4n) is 3.04. The molecule has 1 fully saturated rings. The number of hydrogen-bond acceptors (Lipinski definition) is 2. The van der Waals surface area contributed by atoms with Crippen molar-refractivity contribution in [1.29, 1.82) is 0 Å². The second-order valence-corrected chi connectivity index (χ2v) is 6.59. The summed E-state index contributed by atoms with van der Waals surface area (Å²) in [5.74, 6) is 0.0140. The molecule has 1 aromatic carbocycles. The lowest BCUT2D eigenvalue weighted by atomic mass is 10.2. The normalized spacial score (nSPS) is 17.7. The SMILES string of the molecule is Cc1cc(C(=O)NC2CCNC2)c(C)n1-c1ccccc1Br. The molecule has 116 valence electrons.